The van der Waals surface area contributed by atoms with Gasteiger partial charge in [0.25, 0.3) is 0 Å². The van der Waals surface area contributed by atoms with Gasteiger partial charge in [0.15, 0.2) is 0 Å². The van der Waals surface area contributed by atoms with Crippen molar-refractivity contribution in [2.45, 2.75) is 71.2 Å². The predicted molar refractivity (Wildman–Crippen MR) is 106 cm³/mol. The molecule has 1 aromatic rings. The van der Waals surface area contributed by atoms with Crippen LogP contribution in [0.5, 0.6) is 0 Å². The molecule has 2 aliphatic heterocycles. The molecular formula is C20H32N6O3. The number of hydrogen-bond donors (Lipinski definition) is 1. The van der Waals surface area contributed by atoms with Gasteiger partial charge in [-0.3, -0.25) is 4.79 Å². The molecule has 3 aliphatic rings. The molecule has 9 heteroatoms. The maximum absolute atomic E-state index is 12.8. The van der Waals surface area contributed by atoms with E-state index in [9.17, 15) is 9.59 Å². The summed E-state index contributed by atoms with van der Waals surface area (Å²) in [6.45, 7) is 8.00. The lowest BCUT2D eigenvalue weighted by Crippen LogP contribution is -2.46. The van der Waals surface area contributed by atoms with Crippen LogP contribution in [-0.4, -0.2) is 68.5 Å². The summed E-state index contributed by atoms with van der Waals surface area (Å²) >= 11 is 0. The molecule has 1 unspecified atom stereocenters. The topological polar surface area (TPSA) is 92.6 Å². The fraction of sp³-hybridized carbons (Fsp3) is 0.800. The molecule has 0 aromatic carbocycles. The van der Waals surface area contributed by atoms with Crippen LogP contribution in [0.2, 0.25) is 0 Å². The molecule has 3 amide bonds. The van der Waals surface area contributed by atoms with Crippen molar-refractivity contribution in [3.05, 3.63) is 11.4 Å². The maximum atomic E-state index is 12.8. The number of hydrogen-bond acceptors (Lipinski definition) is 5. The highest BCUT2D eigenvalue weighted by atomic mass is 16.5. The molecule has 9 nitrogen and oxygen atoms in total. The third-order valence-electron chi connectivity index (χ3n) is 6.66. The Bertz CT molecular complexity index is 755. The van der Waals surface area contributed by atoms with Crippen LogP contribution >= 0.6 is 0 Å². The quantitative estimate of drug-likeness (QED) is 0.803. The normalized spacial score (nSPS) is 24.1. The Balaban J connectivity index is 1.36. The van der Waals surface area contributed by atoms with E-state index in [0.717, 1.165) is 37.2 Å². The first-order chi connectivity index (χ1) is 14.0. The van der Waals surface area contributed by atoms with E-state index in [1.807, 2.05) is 23.4 Å². The second-order valence-electron chi connectivity index (χ2n) is 8.43. The molecule has 160 valence electrons. The SMILES string of the molecule is CCN(CC)C(=O)NCc1nnn2c1COC1(CCN(C(=O)C3CCCC3)C1)C2. The van der Waals surface area contributed by atoms with Crippen molar-refractivity contribution in [2.24, 2.45) is 5.92 Å². The monoisotopic (exact) mass is 404 g/mol. The lowest BCUT2D eigenvalue weighted by Gasteiger charge is -2.34. The van der Waals surface area contributed by atoms with Crippen molar-refractivity contribution < 1.29 is 14.3 Å². The van der Waals surface area contributed by atoms with Crippen LogP contribution in [0.25, 0.3) is 0 Å². The molecule has 29 heavy (non-hydrogen) atoms. The van der Waals surface area contributed by atoms with Crippen molar-refractivity contribution in [2.75, 3.05) is 26.2 Å². The summed E-state index contributed by atoms with van der Waals surface area (Å²) in [5.41, 5.74) is 1.30. The van der Waals surface area contributed by atoms with Crippen molar-refractivity contribution in [1.29, 1.82) is 0 Å². The minimum absolute atomic E-state index is 0.0955. The zero-order valence-corrected chi connectivity index (χ0v) is 17.5. The Morgan fingerprint density at radius 3 is 2.72 bits per heavy atom. The van der Waals surface area contributed by atoms with Crippen molar-refractivity contribution in [3.8, 4) is 0 Å². The number of nitrogens with one attached hydrogen (secondary N) is 1. The molecule has 0 radical (unpaired) electrons. The van der Waals surface area contributed by atoms with Crippen LogP contribution in [-0.2, 0) is 29.2 Å². The van der Waals surface area contributed by atoms with E-state index < -0.39 is 0 Å². The molecule has 1 saturated heterocycles. The van der Waals surface area contributed by atoms with Crippen LogP contribution in [0, 0.1) is 5.92 Å². The fourth-order valence-electron chi connectivity index (χ4n) is 4.82. The van der Waals surface area contributed by atoms with Gasteiger partial charge in [-0.1, -0.05) is 18.1 Å². The van der Waals surface area contributed by atoms with Gasteiger partial charge in [-0.15, -0.1) is 5.10 Å². The van der Waals surface area contributed by atoms with Crippen molar-refractivity contribution >= 4 is 11.9 Å². The third-order valence-corrected chi connectivity index (χ3v) is 6.66. The minimum atomic E-state index is -0.364. The second-order valence-corrected chi connectivity index (χ2v) is 8.43. The Morgan fingerprint density at radius 1 is 1.24 bits per heavy atom. The number of likely N-dealkylation sites (tertiary alicyclic amines) is 1. The first kappa shape index (κ1) is 20.1. The van der Waals surface area contributed by atoms with Gasteiger partial charge >= 0.3 is 6.03 Å². The van der Waals surface area contributed by atoms with Gasteiger partial charge in [-0.25, -0.2) is 9.48 Å². The molecule has 3 heterocycles. The van der Waals surface area contributed by atoms with Crippen LogP contribution in [0.3, 0.4) is 0 Å². The Hall–Kier alpha value is -2.16. The summed E-state index contributed by atoms with van der Waals surface area (Å²) < 4.78 is 8.17. The van der Waals surface area contributed by atoms with E-state index in [-0.39, 0.29) is 17.6 Å². The number of nitrogens with zero attached hydrogens (tertiary/aromatic N) is 5. The lowest BCUT2D eigenvalue weighted by atomic mass is 10.0. The number of urea groups is 1. The number of carbonyl (C=O) groups excluding carboxylic acids is 2. The smallest absolute Gasteiger partial charge is 0.317 e. The van der Waals surface area contributed by atoms with Gasteiger partial charge in [0.1, 0.15) is 11.3 Å². The summed E-state index contributed by atoms with van der Waals surface area (Å²) in [6.07, 6.45) is 5.22. The first-order valence-corrected chi connectivity index (χ1v) is 10.9. The zero-order valence-electron chi connectivity index (χ0n) is 17.5. The average molecular weight is 405 g/mol. The third kappa shape index (κ3) is 3.97. The summed E-state index contributed by atoms with van der Waals surface area (Å²) in [4.78, 5) is 28.7. The van der Waals surface area contributed by atoms with Crippen LogP contribution in [0.15, 0.2) is 0 Å². The van der Waals surface area contributed by atoms with E-state index in [2.05, 4.69) is 15.6 Å². The molecule has 1 spiro atoms. The number of amides is 3. The van der Waals surface area contributed by atoms with E-state index >= 15 is 0 Å². The highest BCUT2D eigenvalue weighted by Crippen LogP contribution is 2.35. The van der Waals surface area contributed by atoms with Crippen molar-refractivity contribution in [1.82, 2.24) is 30.1 Å². The molecule has 1 saturated carbocycles. The highest BCUT2D eigenvalue weighted by Gasteiger charge is 2.45. The van der Waals surface area contributed by atoms with Crippen LogP contribution in [0.1, 0.15) is 57.3 Å². The lowest BCUT2D eigenvalue weighted by molar-refractivity contribution is -0.137. The van der Waals surface area contributed by atoms with Gasteiger partial charge in [0.2, 0.25) is 5.91 Å². The van der Waals surface area contributed by atoms with E-state index in [4.69, 9.17) is 4.74 Å². The molecular weight excluding hydrogens is 372 g/mol. The largest absolute Gasteiger partial charge is 0.365 e. The van der Waals surface area contributed by atoms with E-state index in [1.165, 1.54) is 12.8 Å². The standard InChI is InChI=1S/C20H32N6O3/c1-3-24(4-2)19(28)21-11-16-17-12-29-20(14-26(17)23-22-16)9-10-25(13-20)18(27)15-7-5-6-8-15/h15H,3-14H2,1-2H3,(H,21,28). The summed E-state index contributed by atoms with van der Waals surface area (Å²) in [7, 11) is 0. The molecule has 4 rings (SSSR count). The molecule has 1 N–H and O–H groups in total. The summed E-state index contributed by atoms with van der Waals surface area (Å²) in [5, 5.41) is 11.5. The number of aromatic nitrogens is 3. The number of carbonyl (C=O) groups is 2. The minimum Gasteiger partial charge on any atom is -0.365 e. The second kappa shape index (κ2) is 8.30. The maximum Gasteiger partial charge on any atom is 0.317 e. The van der Waals surface area contributed by atoms with Gasteiger partial charge < -0.3 is 19.9 Å². The number of ether oxygens (including phenoxy) is 1. The average Bonchev–Trinajstić information content (AvgIpc) is 3.47. The highest BCUT2D eigenvalue weighted by molar-refractivity contribution is 5.79. The van der Waals surface area contributed by atoms with Crippen LogP contribution < -0.4 is 5.32 Å². The first-order valence-electron chi connectivity index (χ1n) is 10.9. The van der Waals surface area contributed by atoms with Gasteiger partial charge in [-0.05, 0) is 33.1 Å². The van der Waals surface area contributed by atoms with E-state index in [0.29, 0.717) is 45.2 Å². The molecule has 1 aliphatic carbocycles. The predicted octanol–water partition coefficient (Wildman–Crippen LogP) is 1.52. The summed E-state index contributed by atoms with van der Waals surface area (Å²) in [5.74, 6) is 0.504. The van der Waals surface area contributed by atoms with Gasteiger partial charge in [0.05, 0.1) is 31.9 Å². The fourth-order valence-corrected chi connectivity index (χ4v) is 4.82. The number of rotatable bonds is 5. The van der Waals surface area contributed by atoms with Gasteiger partial charge in [0, 0.05) is 25.6 Å². The Labute approximate surface area is 171 Å². The zero-order chi connectivity index (χ0) is 20.4. The Kier molecular flexibility index (Phi) is 5.76. The molecule has 2 fully saturated rings. The molecule has 1 aromatic heterocycles. The number of fused-ring (bicyclic) bond motifs is 1. The summed E-state index contributed by atoms with van der Waals surface area (Å²) in [6, 6.07) is -0.0955. The van der Waals surface area contributed by atoms with E-state index in [1.54, 1.807) is 4.90 Å². The van der Waals surface area contributed by atoms with Crippen LogP contribution in [0.4, 0.5) is 4.79 Å². The Morgan fingerprint density at radius 2 is 2.00 bits per heavy atom. The molecule has 1 atom stereocenters. The molecule has 0 bridgehead atoms. The van der Waals surface area contributed by atoms with Crippen molar-refractivity contribution in [3.63, 3.8) is 0 Å². The van der Waals surface area contributed by atoms with Gasteiger partial charge in [-0.2, -0.15) is 0 Å².